The standard InChI is InChI=1S/C19H28FN5.HI/c1-3-9-25-10-7-17(8-11-25)24-19(22-4-2)23-14-16-6-5-15(13-21)12-18(16)20;/h5-6,12,17H,3-4,7-11,14H2,1-2H3,(H2,22,23,24);1H. The highest BCUT2D eigenvalue weighted by Crippen LogP contribution is 2.12. The third kappa shape index (κ3) is 7.08. The Morgan fingerprint density at radius 2 is 2.08 bits per heavy atom. The first-order valence-corrected chi connectivity index (χ1v) is 9.12. The largest absolute Gasteiger partial charge is 0.357 e. The molecule has 5 nitrogen and oxygen atoms in total. The van der Waals surface area contributed by atoms with Crippen LogP contribution in [-0.2, 0) is 6.54 Å². The summed E-state index contributed by atoms with van der Waals surface area (Å²) < 4.78 is 14.0. The molecule has 1 aromatic carbocycles. The second kappa shape index (κ2) is 12.1. The fourth-order valence-electron chi connectivity index (χ4n) is 3.04. The van der Waals surface area contributed by atoms with Crippen LogP contribution in [0.4, 0.5) is 4.39 Å². The zero-order chi connectivity index (χ0) is 18.1. The van der Waals surface area contributed by atoms with Gasteiger partial charge in [0.25, 0.3) is 0 Å². The minimum absolute atomic E-state index is 0. The summed E-state index contributed by atoms with van der Waals surface area (Å²) in [5, 5.41) is 15.5. The van der Waals surface area contributed by atoms with Gasteiger partial charge in [-0.05, 0) is 44.9 Å². The van der Waals surface area contributed by atoms with Gasteiger partial charge in [0.1, 0.15) is 5.82 Å². The maximum Gasteiger partial charge on any atom is 0.191 e. The number of halogens is 2. The lowest BCUT2D eigenvalue weighted by atomic mass is 10.1. The van der Waals surface area contributed by atoms with Crippen LogP contribution in [0.15, 0.2) is 23.2 Å². The van der Waals surface area contributed by atoms with E-state index in [9.17, 15) is 4.39 Å². The van der Waals surface area contributed by atoms with Gasteiger partial charge in [-0.1, -0.05) is 13.0 Å². The van der Waals surface area contributed by atoms with Crippen molar-refractivity contribution in [1.29, 1.82) is 5.26 Å². The monoisotopic (exact) mass is 473 g/mol. The van der Waals surface area contributed by atoms with Crippen LogP contribution in [0.5, 0.6) is 0 Å². The topological polar surface area (TPSA) is 63.5 Å². The fourth-order valence-corrected chi connectivity index (χ4v) is 3.04. The predicted molar refractivity (Wildman–Crippen MR) is 114 cm³/mol. The Kier molecular flexibility index (Phi) is 10.5. The summed E-state index contributed by atoms with van der Waals surface area (Å²) in [7, 11) is 0. The van der Waals surface area contributed by atoms with Crippen molar-refractivity contribution in [2.24, 2.45) is 4.99 Å². The number of nitrogens with zero attached hydrogens (tertiary/aromatic N) is 3. The Labute approximate surface area is 173 Å². The molecule has 0 saturated carbocycles. The molecule has 0 amide bonds. The number of piperidine rings is 1. The number of likely N-dealkylation sites (tertiary alicyclic amines) is 1. The average Bonchev–Trinajstić information content (AvgIpc) is 2.62. The number of hydrogen-bond acceptors (Lipinski definition) is 3. The van der Waals surface area contributed by atoms with Gasteiger partial charge >= 0.3 is 0 Å². The molecule has 0 atom stereocenters. The number of guanidine groups is 1. The average molecular weight is 473 g/mol. The highest BCUT2D eigenvalue weighted by atomic mass is 127. The molecule has 1 aliphatic rings. The minimum Gasteiger partial charge on any atom is -0.357 e. The van der Waals surface area contributed by atoms with Crippen molar-refractivity contribution in [3.8, 4) is 6.07 Å². The molecule has 1 fully saturated rings. The Balaban J connectivity index is 0.00000338. The van der Waals surface area contributed by atoms with Gasteiger partial charge in [-0.25, -0.2) is 9.38 Å². The fraction of sp³-hybridized carbons (Fsp3) is 0.579. The second-order valence-corrected chi connectivity index (χ2v) is 6.37. The summed E-state index contributed by atoms with van der Waals surface area (Å²) in [6.45, 7) is 8.62. The molecule has 0 spiro atoms. The SMILES string of the molecule is CCCN1CCC(NC(=NCc2ccc(C#N)cc2F)NCC)CC1.I. The summed E-state index contributed by atoms with van der Waals surface area (Å²) in [5.41, 5.74) is 0.822. The molecule has 1 aromatic rings. The van der Waals surface area contributed by atoms with Crippen molar-refractivity contribution < 1.29 is 4.39 Å². The molecule has 26 heavy (non-hydrogen) atoms. The van der Waals surface area contributed by atoms with Gasteiger partial charge in [0.05, 0.1) is 18.2 Å². The molecule has 1 aliphatic heterocycles. The first-order valence-electron chi connectivity index (χ1n) is 9.12. The Hall–Kier alpha value is -1.40. The van der Waals surface area contributed by atoms with E-state index in [2.05, 4.69) is 27.4 Å². The van der Waals surface area contributed by atoms with Gasteiger partial charge in [0.2, 0.25) is 0 Å². The smallest absolute Gasteiger partial charge is 0.191 e. The number of nitriles is 1. The number of hydrogen-bond donors (Lipinski definition) is 2. The van der Waals surface area contributed by atoms with Gasteiger partial charge in [0.15, 0.2) is 5.96 Å². The van der Waals surface area contributed by atoms with Gasteiger partial charge in [-0.3, -0.25) is 0 Å². The normalized spacial score (nSPS) is 15.8. The molecule has 0 radical (unpaired) electrons. The van der Waals surface area contributed by atoms with Crippen LogP contribution in [0.3, 0.4) is 0 Å². The third-order valence-corrected chi connectivity index (χ3v) is 4.40. The van der Waals surface area contributed by atoms with Crippen LogP contribution in [0.25, 0.3) is 0 Å². The molecular formula is C19H29FIN5. The summed E-state index contributed by atoms with van der Waals surface area (Å²) in [6.07, 6.45) is 3.38. The molecular weight excluding hydrogens is 444 g/mol. The Morgan fingerprint density at radius 1 is 1.35 bits per heavy atom. The van der Waals surface area contributed by atoms with Crippen LogP contribution in [0.2, 0.25) is 0 Å². The molecule has 0 aliphatic carbocycles. The Morgan fingerprint density at radius 3 is 2.65 bits per heavy atom. The predicted octanol–water partition coefficient (Wildman–Crippen LogP) is 3.24. The van der Waals surface area contributed by atoms with Crippen LogP contribution < -0.4 is 10.6 Å². The molecule has 7 heteroatoms. The van der Waals surface area contributed by atoms with Gasteiger partial charge in [-0.15, -0.1) is 24.0 Å². The molecule has 0 unspecified atom stereocenters. The number of rotatable bonds is 6. The molecule has 0 bridgehead atoms. The lowest BCUT2D eigenvalue weighted by molar-refractivity contribution is 0.206. The van der Waals surface area contributed by atoms with Crippen molar-refractivity contribution in [3.05, 3.63) is 35.1 Å². The molecule has 144 valence electrons. The van der Waals surface area contributed by atoms with Gasteiger partial charge in [0, 0.05) is 31.2 Å². The lowest BCUT2D eigenvalue weighted by Crippen LogP contribution is -2.48. The van der Waals surface area contributed by atoms with E-state index < -0.39 is 0 Å². The maximum absolute atomic E-state index is 14.0. The number of aliphatic imine (C=N–C) groups is 1. The first-order chi connectivity index (χ1) is 12.2. The third-order valence-electron chi connectivity index (χ3n) is 4.40. The van der Waals surface area contributed by atoms with E-state index in [4.69, 9.17) is 5.26 Å². The van der Waals surface area contributed by atoms with Crippen LogP contribution in [-0.4, -0.2) is 43.1 Å². The zero-order valence-electron chi connectivity index (χ0n) is 15.6. The van der Waals surface area contributed by atoms with Crippen molar-refractivity contribution in [1.82, 2.24) is 15.5 Å². The summed E-state index contributed by atoms with van der Waals surface area (Å²) >= 11 is 0. The van der Waals surface area contributed by atoms with Crippen LogP contribution in [0.1, 0.15) is 44.2 Å². The van der Waals surface area contributed by atoms with Crippen molar-refractivity contribution >= 4 is 29.9 Å². The molecule has 1 saturated heterocycles. The second-order valence-electron chi connectivity index (χ2n) is 6.37. The van der Waals surface area contributed by atoms with E-state index >= 15 is 0 Å². The van der Waals surface area contributed by atoms with E-state index in [-0.39, 0.29) is 36.3 Å². The van der Waals surface area contributed by atoms with Crippen molar-refractivity contribution in [2.75, 3.05) is 26.2 Å². The number of nitrogens with one attached hydrogen (secondary N) is 2. The molecule has 1 heterocycles. The molecule has 2 rings (SSSR count). The Bertz CT molecular complexity index is 621. The van der Waals surface area contributed by atoms with Crippen molar-refractivity contribution in [2.45, 2.75) is 45.7 Å². The minimum atomic E-state index is -0.383. The summed E-state index contributed by atoms with van der Waals surface area (Å²) in [6, 6.07) is 6.85. The van der Waals surface area contributed by atoms with Crippen LogP contribution >= 0.6 is 24.0 Å². The quantitative estimate of drug-likeness (QED) is 0.379. The molecule has 2 N–H and O–H groups in total. The lowest BCUT2D eigenvalue weighted by Gasteiger charge is -2.32. The highest BCUT2D eigenvalue weighted by molar-refractivity contribution is 14.0. The van der Waals surface area contributed by atoms with E-state index in [0.717, 1.165) is 38.4 Å². The molecule has 0 aromatic heterocycles. The zero-order valence-corrected chi connectivity index (χ0v) is 17.9. The van der Waals surface area contributed by atoms with E-state index in [0.29, 0.717) is 17.2 Å². The summed E-state index contributed by atoms with van der Waals surface area (Å²) in [4.78, 5) is 7.00. The van der Waals surface area contributed by atoms with E-state index in [1.807, 2.05) is 13.0 Å². The van der Waals surface area contributed by atoms with Gasteiger partial charge < -0.3 is 15.5 Å². The van der Waals surface area contributed by atoms with Gasteiger partial charge in [-0.2, -0.15) is 5.26 Å². The highest BCUT2D eigenvalue weighted by Gasteiger charge is 2.19. The summed E-state index contributed by atoms with van der Waals surface area (Å²) in [5.74, 6) is 0.340. The van der Waals surface area contributed by atoms with E-state index in [1.54, 1.807) is 12.1 Å². The van der Waals surface area contributed by atoms with Crippen molar-refractivity contribution in [3.63, 3.8) is 0 Å². The number of benzene rings is 1. The first kappa shape index (κ1) is 22.6. The van der Waals surface area contributed by atoms with Crippen LogP contribution in [0, 0.1) is 17.1 Å². The van der Waals surface area contributed by atoms with E-state index in [1.165, 1.54) is 19.0 Å². The maximum atomic E-state index is 14.0.